The molecule has 2 N–H and O–H groups in total. The van der Waals surface area contributed by atoms with Gasteiger partial charge in [-0.3, -0.25) is 14.5 Å². The van der Waals surface area contributed by atoms with Crippen molar-refractivity contribution in [1.29, 1.82) is 0 Å². The van der Waals surface area contributed by atoms with Crippen molar-refractivity contribution >= 4 is 39.2 Å². The van der Waals surface area contributed by atoms with Gasteiger partial charge in [-0.05, 0) is 30.5 Å². The Hall–Kier alpha value is -3.64. The summed E-state index contributed by atoms with van der Waals surface area (Å²) in [6.07, 6.45) is 0. The summed E-state index contributed by atoms with van der Waals surface area (Å²) < 4.78 is 0. The van der Waals surface area contributed by atoms with Crippen molar-refractivity contribution in [3.63, 3.8) is 0 Å². The van der Waals surface area contributed by atoms with Gasteiger partial charge >= 0.3 is 0 Å². The van der Waals surface area contributed by atoms with Crippen molar-refractivity contribution in [2.75, 3.05) is 31.5 Å². The fourth-order valence-corrected chi connectivity index (χ4v) is 4.41. The molecule has 3 aromatic carbocycles. The van der Waals surface area contributed by atoms with Crippen molar-refractivity contribution in [2.45, 2.75) is 13.0 Å². The summed E-state index contributed by atoms with van der Waals surface area (Å²) in [5.41, 5.74) is 2.40. The summed E-state index contributed by atoms with van der Waals surface area (Å²) in [5, 5.41) is 6.26. The minimum absolute atomic E-state index is 0.00806. The van der Waals surface area contributed by atoms with E-state index in [1.807, 2.05) is 84.6 Å². The average Bonchev–Trinajstić information content (AvgIpc) is 3.28. The Bertz CT molecular complexity index is 1250. The first-order valence-electron chi connectivity index (χ1n) is 11.0. The van der Waals surface area contributed by atoms with E-state index in [-0.39, 0.29) is 17.9 Å². The minimum atomic E-state index is -0.278. The fraction of sp³-hybridized carbons (Fsp3) is 0.231. The number of piperazine rings is 1. The number of hydrogen-bond acceptors (Lipinski definition) is 3. The number of fused-ring (bicyclic) bond motifs is 2. The van der Waals surface area contributed by atoms with E-state index in [2.05, 4.69) is 15.2 Å². The van der Waals surface area contributed by atoms with Crippen LogP contribution in [0.15, 0.2) is 72.8 Å². The van der Waals surface area contributed by atoms with Gasteiger partial charge in [0.25, 0.3) is 5.91 Å². The van der Waals surface area contributed by atoms with Crippen LogP contribution in [0.4, 0.5) is 5.69 Å². The van der Waals surface area contributed by atoms with Crippen LogP contribution in [0.1, 0.15) is 17.4 Å². The molecule has 4 aromatic rings. The van der Waals surface area contributed by atoms with Gasteiger partial charge in [-0.25, -0.2) is 0 Å². The molecule has 1 fully saturated rings. The third kappa shape index (κ3) is 3.85. The molecule has 1 aliphatic heterocycles. The van der Waals surface area contributed by atoms with Crippen LogP contribution in [0, 0.1) is 0 Å². The van der Waals surface area contributed by atoms with Crippen molar-refractivity contribution in [3.05, 3.63) is 78.5 Å². The fourth-order valence-electron chi connectivity index (χ4n) is 4.41. The quantitative estimate of drug-likeness (QED) is 0.516. The highest BCUT2D eigenvalue weighted by Gasteiger charge is 2.28. The predicted molar refractivity (Wildman–Crippen MR) is 128 cm³/mol. The van der Waals surface area contributed by atoms with Crippen LogP contribution in [-0.2, 0) is 4.79 Å². The third-order valence-corrected chi connectivity index (χ3v) is 6.34. The number of amides is 2. The van der Waals surface area contributed by atoms with E-state index in [1.165, 1.54) is 0 Å². The van der Waals surface area contributed by atoms with E-state index >= 15 is 0 Å². The number of H-pyrrole nitrogens is 1. The number of anilines is 1. The molecule has 1 aromatic heterocycles. The molecule has 0 aliphatic carbocycles. The maximum atomic E-state index is 13.0. The smallest absolute Gasteiger partial charge is 0.270 e. The largest absolute Gasteiger partial charge is 0.351 e. The lowest BCUT2D eigenvalue weighted by atomic mass is 10.1. The Labute approximate surface area is 186 Å². The Balaban J connectivity index is 1.21. The van der Waals surface area contributed by atoms with Gasteiger partial charge in [0.2, 0.25) is 5.91 Å². The first-order chi connectivity index (χ1) is 15.6. The number of carbonyl (C=O) groups excluding carboxylic acids is 2. The molecule has 1 unspecified atom stereocenters. The SMILES string of the molecule is CC(C(=O)Nc1cccc2ccccc12)N1CCN(C(=O)c2cc3ccccc3[nH]2)CC1. The molecule has 5 rings (SSSR count). The molecule has 0 saturated carbocycles. The van der Waals surface area contributed by atoms with Crippen LogP contribution in [-0.4, -0.2) is 58.8 Å². The van der Waals surface area contributed by atoms with E-state index in [9.17, 15) is 9.59 Å². The lowest BCUT2D eigenvalue weighted by Gasteiger charge is -2.37. The number of aromatic amines is 1. The van der Waals surface area contributed by atoms with Gasteiger partial charge in [0.05, 0.1) is 6.04 Å². The van der Waals surface area contributed by atoms with Gasteiger partial charge < -0.3 is 15.2 Å². The van der Waals surface area contributed by atoms with E-state index in [1.54, 1.807) is 0 Å². The van der Waals surface area contributed by atoms with Crippen molar-refractivity contribution in [2.24, 2.45) is 0 Å². The highest BCUT2D eigenvalue weighted by molar-refractivity contribution is 6.03. The first-order valence-corrected chi connectivity index (χ1v) is 11.0. The van der Waals surface area contributed by atoms with Crippen molar-refractivity contribution in [3.8, 4) is 0 Å². The number of carbonyl (C=O) groups is 2. The Morgan fingerprint density at radius 1 is 0.875 bits per heavy atom. The van der Waals surface area contributed by atoms with E-state index < -0.39 is 0 Å². The van der Waals surface area contributed by atoms with E-state index in [0.717, 1.165) is 27.4 Å². The first kappa shape index (κ1) is 20.3. The zero-order chi connectivity index (χ0) is 22.1. The molecule has 1 atom stereocenters. The van der Waals surface area contributed by atoms with Crippen LogP contribution in [0.25, 0.3) is 21.7 Å². The summed E-state index contributed by atoms with van der Waals surface area (Å²) in [6.45, 7) is 4.45. The van der Waals surface area contributed by atoms with Gasteiger partial charge in [-0.15, -0.1) is 0 Å². The minimum Gasteiger partial charge on any atom is -0.351 e. The normalized spacial score (nSPS) is 15.7. The summed E-state index contributed by atoms with van der Waals surface area (Å²) in [6, 6.07) is 23.5. The molecule has 1 saturated heterocycles. The highest BCUT2D eigenvalue weighted by Crippen LogP contribution is 2.23. The third-order valence-electron chi connectivity index (χ3n) is 6.34. The molecule has 162 valence electrons. The summed E-state index contributed by atoms with van der Waals surface area (Å²) in [7, 11) is 0. The molecule has 0 bridgehead atoms. The molecule has 6 heteroatoms. The van der Waals surface area contributed by atoms with Crippen molar-refractivity contribution in [1.82, 2.24) is 14.8 Å². The van der Waals surface area contributed by atoms with Crippen LogP contribution < -0.4 is 5.32 Å². The highest BCUT2D eigenvalue weighted by atomic mass is 16.2. The zero-order valence-electron chi connectivity index (χ0n) is 18.0. The summed E-state index contributed by atoms with van der Waals surface area (Å²) >= 11 is 0. The average molecular weight is 427 g/mol. The zero-order valence-corrected chi connectivity index (χ0v) is 18.0. The summed E-state index contributed by atoms with van der Waals surface area (Å²) in [5.74, 6) is -0.0227. The second kappa shape index (κ2) is 8.48. The Morgan fingerprint density at radius 2 is 1.56 bits per heavy atom. The number of nitrogens with zero attached hydrogens (tertiary/aromatic N) is 2. The number of aromatic nitrogens is 1. The predicted octanol–water partition coefficient (Wildman–Crippen LogP) is 4.11. The summed E-state index contributed by atoms with van der Waals surface area (Å²) in [4.78, 5) is 33.1. The molecule has 0 radical (unpaired) electrons. The van der Waals surface area contributed by atoms with Gasteiger partial charge in [0.15, 0.2) is 0 Å². The molecule has 2 heterocycles. The maximum absolute atomic E-state index is 13.0. The van der Waals surface area contributed by atoms with Gasteiger partial charge in [0.1, 0.15) is 5.69 Å². The number of rotatable bonds is 4. The molecular formula is C26H26N4O2. The number of nitrogens with one attached hydrogen (secondary N) is 2. The second-order valence-corrected chi connectivity index (χ2v) is 8.29. The number of para-hydroxylation sites is 1. The van der Waals surface area contributed by atoms with Crippen LogP contribution in [0.3, 0.4) is 0 Å². The molecule has 0 spiro atoms. The van der Waals surface area contributed by atoms with Crippen LogP contribution >= 0.6 is 0 Å². The van der Waals surface area contributed by atoms with E-state index in [0.29, 0.717) is 31.9 Å². The monoisotopic (exact) mass is 426 g/mol. The molecule has 32 heavy (non-hydrogen) atoms. The lowest BCUT2D eigenvalue weighted by Crippen LogP contribution is -2.54. The number of benzene rings is 3. The lowest BCUT2D eigenvalue weighted by molar-refractivity contribution is -0.121. The second-order valence-electron chi connectivity index (χ2n) is 8.29. The molecule has 2 amide bonds. The molecular weight excluding hydrogens is 400 g/mol. The Morgan fingerprint density at radius 3 is 2.34 bits per heavy atom. The molecule has 6 nitrogen and oxygen atoms in total. The van der Waals surface area contributed by atoms with Gasteiger partial charge in [-0.2, -0.15) is 0 Å². The van der Waals surface area contributed by atoms with Gasteiger partial charge in [0, 0.05) is 48.2 Å². The van der Waals surface area contributed by atoms with Crippen molar-refractivity contribution < 1.29 is 9.59 Å². The number of hydrogen-bond donors (Lipinski definition) is 2. The molecule has 1 aliphatic rings. The van der Waals surface area contributed by atoms with E-state index in [4.69, 9.17) is 0 Å². The van der Waals surface area contributed by atoms with Crippen LogP contribution in [0.5, 0.6) is 0 Å². The maximum Gasteiger partial charge on any atom is 0.270 e. The van der Waals surface area contributed by atoms with Gasteiger partial charge in [-0.1, -0.05) is 54.6 Å². The topological polar surface area (TPSA) is 68.4 Å². The standard InChI is InChI=1S/C26H26N4O2/c1-18(25(31)28-23-12-6-9-19-7-2-4-10-21(19)23)29-13-15-30(16-14-29)26(32)24-17-20-8-3-5-11-22(20)27-24/h2-12,17-18,27H,13-16H2,1H3,(H,28,31). The van der Waals surface area contributed by atoms with Crippen LogP contribution in [0.2, 0.25) is 0 Å². The Kier molecular flexibility index (Phi) is 5.37.